The van der Waals surface area contributed by atoms with Gasteiger partial charge in [0.25, 0.3) is 11.7 Å². The topological polar surface area (TPSA) is 78.7 Å². The number of aryl methyl sites for hydroxylation is 2. The molecule has 3 heterocycles. The molecule has 3 rings (SSSR count). The van der Waals surface area contributed by atoms with Crippen molar-refractivity contribution in [2.45, 2.75) is 19.9 Å². The standard InChI is InChI=1S/C19H24N4O3S/c1-11-14(12(2)22(5)20-11)17(24)15-16(13-7-6-10-27-13)23(9-8-21(3)4)19(26)18(15)25/h6-7,10,16,24H,8-9H2,1-5H3. The fraction of sp³-hybridized carbons (Fsp3) is 0.421. The number of carbonyl (C=O) groups excluding carboxylic acids is 2. The van der Waals surface area contributed by atoms with E-state index in [1.54, 1.807) is 23.6 Å². The van der Waals surface area contributed by atoms with Gasteiger partial charge in [-0.1, -0.05) is 6.07 Å². The fourth-order valence-corrected chi connectivity index (χ4v) is 4.26. The molecule has 1 fully saturated rings. The maximum absolute atomic E-state index is 12.9. The Labute approximate surface area is 162 Å². The molecule has 144 valence electrons. The van der Waals surface area contributed by atoms with Crippen LogP contribution in [0.5, 0.6) is 0 Å². The molecular formula is C19H24N4O3S. The highest BCUT2D eigenvalue weighted by atomic mass is 32.1. The summed E-state index contributed by atoms with van der Waals surface area (Å²) in [6.45, 7) is 4.64. The maximum atomic E-state index is 12.9. The molecule has 8 heteroatoms. The number of likely N-dealkylation sites (tertiary alicyclic amines) is 1. The second-order valence-corrected chi connectivity index (χ2v) is 7.96. The molecule has 1 saturated heterocycles. The van der Waals surface area contributed by atoms with Gasteiger partial charge in [0, 0.05) is 30.7 Å². The second kappa shape index (κ2) is 7.28. The van der Waals surface area contributed by atoms with Crippen molar-refractivity contribution in [2.75, 3.05) is 27.2 Å². The van der Waals surface area contributed by atoms with Gasteiger partial charge in [-0.2, -0.15) is 5.10 Å². The predicted octanol–water partition coefficient (Wildman–Crippen LogP) is 2.08. The minimum atomic E-state index is -0.646. The summed E-state index contributed by atoms with van der Waals surface area (Å²) in [7, 11) is 5.61. The van der Waals surface area contributed by atoms with Crippen LogP contribution in [0.25, 0.3) is 5.76 Å². The van der Waals surface area contributed by atoms with Gasteiger partial charge in [-0.3, -0.25) is 14.3 Å². The fourth-order valence-electron chi connectivity index (χ4n) is 3.41. The van der Waals surface area contributed by atoms with Crippen LogP contribution in [0, 0.1) is 13.8 Å². The van der Waals surface area contributed by atoms with Crippen LogP contribution in [0.3, 0.4) is 0 Å². The lowest BCUT2D eigenvalue weighted by Crippen LogP contribution is -2.35. The number of thiophene rings is 1. The van der Waals surface area contributed by atoms with Gasteiger partial charge in [0.05, 0.1) is 22.9 Å². The highest BCUT2D eigenvalue weighted by Crippen LogP contribution is 2.41. The molecule has 0 radical (unpaired) electrons. The van der Waals surface area contributed by atoms with E-state index in [9.17, 15) is 14.7 Å². The number of hydrogen-bond donors (Lipinski definition) is 1. The summed E-state index contributed by atoms with van der Waals surface area (Å²) in [6, 6.07) is 3.19. The Morgan fingerprint density at radius 3 is 2.56 bits per heavy atom. The molecule has 0 bridgehead atoms. The van der Waals surface area contributed by atoms with Gasteiger partial charge in [0.1, 0.15) is 5.76 Å². The van der Waals surface area contributed by atoms with Gasteiger partial charge in [-0.05, 0) is 39.4 Å². The third-order valence-corrected chi connectivity index (χ3v) is 5.81. The lowest BCUT2D eigenvalue weighted by Gasteiger charge is -2.25. The van der Waals surface area contributed by atoms with Crippen molar-refractivity contribution in [3.8, 4) is 0 Å². The Bertz CT molecular complexity index is 912. The number of nitrogens with zero attached hydrogens (tertiary/aromatic N) is 4. The molecule has 1 N–H and O–H groups in total. The molecule has 0 spiro atoms. The van der Waals surface area contributed by atoms with Crippen LogP contribution >= 0.6 is 11.3 Å². The molecule has 1 unspecified atom stereocenters. The van der Waals surface area contributed by atoms with E-state index in [0.29, 0.717) is 24.3 Å². The quantitative estimate of drug-likeness (QED) is 0.482. The number of aliphatic hydroxyl groups excluding tert-OH is 1. The van der Waals surface area contributed by atoms with Crippen molar-refractivity contribution in [1.82, 2.24) is 19.6 Å². The molecule has 1 atom stereocenters. The van der Waals surface area contributed by atoms with Crippen LogP contribution in [0.4, 0.5) is 0 Å². The Kier molecular flexibility index (Phi) is 5.21. The van der Waals surface area contributed by atoms with Crippen molar-refractivity contribution in [1.29, 1.82) is 0 Å². The minimum Gasteiger partial charge on any atom is -0.507 e. The number of aliphatic hydroxyl groups is 1. The number of likely N-dealkylation sites (N-methyl/N-ethyl adjacent to an activating group) is 1. The van der Waals surface area contributed by atoms with Crippen LogP contribution in [0.2, 0.25) is 0 Å². The highest BCUT2D eigenvalue weighted by molar-refractivity contribution is 7.10. The summed E-state index contributed by atoms with van der Waals surface area (Å²) in [5, 5.41) is 17.3. The molecular weight excluding hydrogens is 364 g/mol. The zero-order valence-corrected chi connectivity index (χ0v) is 17.0. The van der Waals surface area contributed by atoms with E-state index in [4.69, 9.17) is 0 Å². The number of hydrogen-bond acceptors (Lipinski definition) is 6. The van der Waals surface area contributed by atoms with Gasteiger partial charge < -0.3 is 14.9 Å². The van der Waals surface area contributed by atoms with Crippen molar-refractivity contribution >= 4 is 28.8 Å². The molecule has 2 aromatic rings. The van der Waals surface area contributed by atoms with Crippen LogP contribution in [-0.4, -0.2) is 63.6 Å². The van der Waals surface area contributed by atoms with E-state index in [1.165, 1.54) is 11.3 Å². The molecule has 27 heavy (non-hydrogen) atoms. The first-order chi connectivity index (χ1) is 12.7. The lowest BCUT2D eigenvalue weighted by molar-refractivity contribution is -0.140. The Morgan fingerprint density at radius 2 is 2.04 bits per heavy atom. The first-order valence-corrected chi connectivity index (χ1v) is 9.59. The van der Waals surface area contributed by atoms with E-state index < -0.39 is 17.7 Å². The third-order valence-electron chi connectivity index (χ3n) is 4.89. The molecule has 0 aliphatic carbocycles. The number of carbonyl (C=O) groups is 2. The van der Waals surface area contributed by atoms with E-state index in [0.717, 1.165) is 10.6 Å². The minimum absolute atomic E-state index is 0.139. The molecule has 0 aromatic carbocycles. The molecule has 1 aliphatic rings. The number of Topliss-reactive ketones (excluding diaryl/α,β-unsaturated/α-hetero) is 1. The zero-order valence-electron chi connectivity index (χ0n) is 16.2. The summed E-state index contributed by atoms with van der Waals surface area (Å²) in [5.41, 5.74) is 2.02. The van der Waals surface area contributed by atoms with E-state index in [2.05, 4.69) is 5.10 Å². The van der Waals surface area contributed by atoms with Gasteiger partial charge in [0.2, 0.25) is 0 Å². The zero-order chi connectivity index (χ0) is 19.9. The average molecular weight is 388 g/mol. The highest BCUT2D eigenvalue weighted by Gasteiger charge is 2.46. The van der Waals surface area contributed by atoms with E-state index in [-0.39, 0.29) is 11.3 Å². The van der Waals surface area contributed by atoms with Gasteiger partial charge in [-0.25, -0.2) is 0 Å². The number of amides is 1. The van der Waals surface area contributed by atoms with E-state index in [1.807, 2.05) is 43.4 Å². The summed E-state index contributed by atoms with van der Waals surface area (Å²) < 4.78 is 1.66. The first kappa shape index (κ1) is 19.3. The van der Waals surface area contributed by atoms with Crippen molar-refractivity contribution in [2.24, 2.45) is 7.05 Å². The summed E-state index contributed by atoms with van der Waals surface area (Å²) in [5.74, 6) is -1.37. The molecule has 7 nitrogen and oxygen atoms in total. The van der Waals surface area contributed by atoms with Crippen LogP contribution < -0.4 is 0 Å². The first-order valence-electron chi connectivity index (χ1n) is 8.71. The van der Waals surface area contributed by atoms with Gasteiger partial charge >= 0.3 is 0 Å². The monoisotopic (exact) mass is 388 g/mol. The van der Waals surface area contributed by atoms with Gasteiger partial charge in [0.15, 0.2) is 0 Å². The van der Waals surface area contributed by atoms with Crippen molar-refractivity contribution in [3.05, 3.63) is 44.9 Å². The average Bonchev–Trinajstić information content (AvgIpc) is 3.26. The summed E-state index contributed by atoms with van der Waals surface area (Å²) in [4.78, 5) is 30.0. The van der Waals surface area contributed by atoms with Crippen LogP contribution in [0.15, 0.2) is 23.1 Å². The van der Waals surface area contributed by atoms with Crippen LogP contribution in [0.1, 0.15) is 27.9 Å². The Hall–Kier alpha value is -2.45. The van der Waals surface area contributed by atoms with Crippen molar-refractivity contribution < 1.29 is 14.7 Å². The number of ketones is 1. The van der Waals surface area contributed by atoms with E-state index >= 15 is 0 Å². The second-order valence-electron chi connectivity index (χ2n) is 6.98. The van der Waals surface area contributed by atoms with Crippen molar-refractivity contribution in [3.63, 3.8) is 0 Å². The Morgan fingerprint density at radius 1 is 1.33 bits per heavy atom. The Balaban J connectivity index is 2.17. The SMILES string of the molecule is Cc1nn(C)c(C)c1C(O)=C1C(=O)C(=O)N(CCN(C)C)C1c1cccs1. The lowest BCUT2D eigenvalue weighted by atomic mass is 9.99. The maximum Gasteiger partial charge on any atom is 0.295 e. The molecule has 1 aliphatic heterocycles. The molecule has 1 amide bonds. The number of aromatic nitrogens is 2. The normalized spacial score (nSPS) is 19.5. The smallest absolute Gasteiger partial charge is 0.295 e. The molecule has 2 aromatic heterocycles. The molecule has 0 saturated carbocycles. The predicted molar refractivity (Wildman–Crippen MR) is 105 cm³/mol. The largest absolute Gasteiger partial charge is 0.507 e. The number of rotatable bonds is 5. The van der Waals surface area contributed by atoms with Gasteiger partial charge in [-0.15, -0.1) is 11.3 Å². The van der Waals surface area contributed by atoms with Crippen LogP contribution in [-0.2, 0) is 16.6 Å². The third kappa shape index (κ3) is 3.30. The summed E-state index contributed by atoms with van der Waals surface area (Å²) >= 11 is 1.47. The summed E-state index contributed by atoms with van der Waals surface area (Å²) in [6.07, 6.45) is 0.